The normalized spacial score (nSPS) is 11.5. The monoisotopic (exact) mass is 403 g/mol. The molecular formula is C24H25N3O3. The first-order valence-electron chi connectivity index (χ1n) is 9.56. The van der Waals surface area contributed by atoms with Crippen LogP contribution in [0.4, 0.5) is 5.69 Å². The maximum atomic E-state index is 10.6. The number of methoxy groups -OCH3 is 2. The van der Waals surface area contributed by atoms with Crippen molar-refractivity contribution in [2.24, 2.45) is 5.18 Å². The molecule has 0 saturated heterocycles. The van der Waals surface area contributed by atoms with E-state index in [1.54, 1.807) is 38.7 Å². The van der Waals surface area contributed by atoms with Gasteiger partial charge in [-0.3, -0.25) is 0 Å². The zero-order valence-electron chi connectivity index (χ0n) is 17.8. The van der Waals surface area contributed by atoms with Crippen LogP contribution in [0.2, 0.25) is 0 Å². The van der Waals surface area contributed by atoms with Crippen molar-refractivity contribution >= 4 is 17.8 Å². The summed E-state index contributed by atoms with van der Waals surface area (Å²) in [5.74, 6) is 1.27. The molecule has 0 fully saturated rings. The van der Waals surface area contributed by atoms with E-state index in [0.717, 1.165) is 28.0 Å². The predicted octanol–water partition coefficient (Wildman–Crippen LogP) is 6.03. The van der Waals surface area contributed by atoms with Crippen molar-refractivity contribution < 1.29 is 9.47 Å². The lowest BCUT2D eigenvalue weighted by atomic mass is 9.83. The van der Waals surface area contributed by atoms with Crippen LogP contribution in [-0.2, 0) is 5.41 Å². The molecule has 1 heterocycles. The maximum Gasteiger partial charge on any atom is 0.240 e. The smallest absolute Gasteiger partial charge is 0.240 e. The molecule has 30 heavy (non-hydrogen) atoms. The Kier molecular flexibility index (Phi) is 6.26. The summed E-state index contributed by atoms with van der Waals surface area (Å²) in [5, 5.41) is 2.94. The largest absolute Gasteiger partial charge is 0.496 e. The second-order valence-corrected chi connectivity index (χ2v) is 7.83. The molecule has 2 aromatic carbocycles. The molecule has 3 aromatic rings. The van der Waals surface area contributed by atoms with Crippen LogP contribution in [0.1, 0.15) is 37.5 Å². The van der Waals surface area contributed by atoms with Gasteiger partial charge < -0.3 is 9.47 Å². The van der Waals surface area contributed by atoms with Crippen LogP contribution >= 0.6 is 0 Å². The van der Waals surface area contributed by atoms with Gasteiger partial charge in [-0.1, -0.05) is 45.1 Å². The Labute approximate surface area is 176 Å². The summed E-state index contributed by atoms with van der Waals surface area (Å²) in [4.78, 5) is 19.4. The highest BCUT2D eigenvalue weighted by molar-refractivity contribution is 5.79. The third-order valence-electron chi connectivity index (χ3n) is 4.72. The summed E-state index contributed by atoms with van der Waals surface area (Å²) in [6.07, 6.45) is 7.21. The number of hydrogen-bond donors (Lipinski definition) is 0. The molecule has 154 valence electrons. The molecule has 0 N–H and O–H groups in total. The Morgan fingerprint density at radius 1 is 0.933 bits per heavy atom. The zero-order valence-corrected chi connectivity index (χ0v) is 17.8. The summed E-state index contributed by atoms with van der Waals surface area (Å²) in [5.41, 5.74) is 4.72. The minimum Gasteiger partial charge on any atom is -0.496 e. The topological polar surface area (TPSA) is 73.7 Å². The summed E-state index contributed by atoms with van der Waals surface area (Å²) in [7, 11) is 3.26. The van der Waals surface area contributed by atoms with Crippen LogP contribution in [0.15, 0.2) is 54.0 Å². The number of hydrogen-bond acceptors (Lipinski definition) is 6. The number of benzene rings is 2. The Hall–Kier alpha value is -3.54. The van der Waals surface area contributed by atoms with Gasteiger partial charge in [-0.15, -0.1) is 4.91 Å². The SMILES string of the molecule is COc1nccnc1-c1cc(/C=C/c2ccc(N=O)cc2)c(OC)c(C(C)(C)C)c1. The summed E-state index contributed by atoms with van der Waals surface area (Å²) < 4.78 is 11.2. The van der Waals surface area contributed by atoms with Crippen molar-refractivity contribution in [3.8, 4) is 22.9 Å². The number of aromatic nitrogens is 2. The van der Waals surface area contributed by atoms with Gasteiger partial charge in [-0.2, -0.15) is 0 Å². The van der Waals surface area contributed by atoms with Gasteiger partial charge in [0.2, 0.25) is 5.88 Å². The first kappa shape index (κ1) is 21.2. The molecule has 0 atom stereocenters. The van der Waals surface area contributed by atoms with E-state index in [1.807, 2.05) is 30.4 Å². The van der Waals surface area contributed by atoms with E-state index in [9.17, 15) is 4.91 Å². The average Bonchev–Trinajstić information content (AvgIpc) is 2.76. The Bertz CT molecular complexity index is 1070. The Balaban J connectivity index is 2.16. The zero-order chi connectivity index (χ0) is 21.7. The van der Waals surface area contributed by atoms with Crippen molar-refractivity contribution in [1.82, 2.24) is 9.97 Å². The van der Waals surface area contributed by atoms with Gasteiger partial charge in [-0.25, -0.2) is 9.97 Å². The summed E-state index contributed by atoms with van der Waals surface area (Å²) in [6, 6.07) is 11.2. The van der Waals surface area contributed by atoms with Crippen LogP contribution in [-0.4, -0.2) is 24.2 Å². The van der Waals surface area contributed by atoms with Crippen LogP contribution in [0.3, 0.4) is 0 Å². The molecule has 0 aliphatic heterocycles. The summed E-state index contributed by atoms with van der Waals surface area (Å²) >= 11 is 0. The summed E-state index contributed by atoms with van der Waals surface area (Å²) in [6.45, 7) is 6.42. The second kappa shape index (κ2) is 8.86. The standard InChI is InChI=1S/C24H25N3O3/c1-24(2,3)20-15-18(21-23(30-5)26-13-12-25-21)14-17(22(20)29-4)9-6-16-7-10-19(27-28)11-8-16/h6-15H,1-5H3/b9-6+. The van der Waals surface area contributed by atoms with E-state index in [2.05, 4.69) is 42.0 Å². The number of ether oxygens (including phenoxy) is 2. The van der Waals surface area contributed by atoms with Crippen molar-refractivity contribution in [1.29, 1.82) is 0 Å². The lowest BCUT2D eigenvalue weighted by molar-refractivity contribution is 0.395. The minimum absolute atomic E-state index is 0.156. The number of nitroso groups, excluding NO2 is 1. The van der Waals surface area contributed by atoms with Gasteiger partial charge in [0, 0.05) is 29.1 Å². The molecule has 0 saturated carbocycles. The molecule has 0 unspecified atom stereocenters. The van der Waals surface area contributed by atoms with Gasteiger partial charge in [0.05, 0.1) is 14.2 Å². The van der Waals surface area contributed by atoms with Gasteiger partial charge in [0.1, 0.15) is 17.1 Å². The molecule has 0 spiro atoms. The highest BCUT2D eigenvalue weighted by atomic mass is 16.5. The Morgan fingerprint density at radius 3 is 2.23 bits per heavy atom. The lowest BCUT2D eigenvalue weighted by Gasteiger charge is -2.24. The molecule has 0 aliphatic carbocycles. The van der Waals surface area contributed by atoms with E-state index < -0.39 is 0 Å². The van der Waals surface area contributed by atoms with Crippen molar-refractivity contribution in [2.75, 3.05) is 14.2 Å². The van der Waals surface area contributed by atoms with Gasteiger partial charge in [-0.05, 0) is 40.4 Å². The number of rotatable bonds is 6. The fraction of sp³-hybridized carbons (Fsp3) is 0.250. The van der Waals surface area contributed by atoms with E-state index >= 15 is 0 Å². The molecule has 1 aromatic heterocycles. The van der Waals surface area contributed by atoms with Crippen molar-refractivity contribution in [2.45, 2.75) is 26.2 Å². The predicted molar refractivity (Wildman–Crippen MR) is 120 cm³/mol. The molecule has 6 heteroatoms. The van der Waals surface area contributed by atoms with Crippen LogP contribution < -0.4 is 9.47 Å². The first-order chi connectivity index (χ1) is 14.4. The van der Waals surface area contributed by atoms with Crippen LogP contribution in [0.5, 0.6) is 11.6 Å². The fourth-order valence-corrected chi connectivity index (χ4v) is 3.20. The molecule has 3 rings (SSSR count). The van der Waals surface area contributed by atoms with Crippen molar-refractivity contribution in [3.63, 3.8) is 0 Å². The molecule has 0 amide bonds. The van der Waals surface area contributed by atoms with Crippen LogP contribution in [0.25, 0.3) is 23.4 Å². The van der Waals surface area contributed by atoms with E-state index in [1.165, 1.54) is 0 Å². The van der Waals surface area contributed by atoms with E-state index in [-0.39, 0.29) is 5.41 Å². The lowest BCUT2D eigenvalue weighted by Crippen LogP contribution is -2.14. The quantitative estimate of drug-likeness (QED) is 0.371. The Morgan fingerprint density at radius 2 is 1.63 bits per heavy atom. The molecule has 0 bridgehead atoms. The highest BCUT2D eigenvalue weighted by Crippen LogP contribution is 2.39. The van der Waals surface area contributed by atoms with Gasteiger partial charge >= 0.3 is 0 Å². The van der Waals surface area contributed by atoms with Crippen LogP contribution in [0, 0.1) is 4.91 Å². The highest BCUT2D eigenvalue weighted by Gasteiger charge is 2.23. The number of nitrogens with zero attached hydrogens (tertiary/aromatic N) is 3. The minimum atomic E-state index is -0.156. The second-order valence-electron chi connectivity index (χ2n) is 7.83. The maximum absolute atomic E-state index is 10.6. The fourth-order valence-electron chi connectivity index (χ4n) is 3.20. The first-order valence-corrected chi connectivity index (χ1v) is 9.56. The van der Waals surface area contributed by atoms with E-state index in [4.69, 9.17) is 9.47 Å². The molecule has 0 radical (unpaired) electrons. The third-order valence-corrected chi connectivity index (χ3v) is 4.72. The van der Waals surface area contributed by atoms with Gasteiger partial charge in [0.25, 0.3) is 0 Å². The molecular weight excluding hydrogens is 378 g/mol. The van der Waals surface area contributed by atoms with Gasteiger partial charge in [0.15, 0.2) is 0 Å². The average molecular weight is 403 g/mol. The molecule has 6 nitrogen and oxygen atoms in total. The van der Waals surface area contributed by atoms with E-state index in [0.29, 0.717) is 17.3 Å². The van der Waals surface area contributed by atoms with Crippen molar-refractivity contribution in [3.05, 3.63) is 70.4 Å². The molecule has 0 aliphatic rings. The third kappa shape index (κ3) is 4.54.